The fraction of sp³-hybridized carbons (Fsp3) is 0.889. The van der Waals surface area contributed by atoms with Gasteiger partial charge in [0.15, 0.2) is 0 Å². The first-order valence-electron chi connectivity index (χ1n) is 5.76. The van der Waals surface area contributed by atoms with E-state index in [1.165, 1.54) is 0 Å². The molecule has 176 valence electrons. The van der Waals surface area contributed by atoms with Gasteiger partial charge in [-0.2, -0.15) is 70.7 Å². The summed E-state index contributed by atoms with van der Waals surface area (Å²) in [6, 6.07) is 0. The van der Waals surface area contributed by atoms with Crippen molar-refractivity contribution in [3.05, 3.63) is 0 Å². The summed E-state index contributed by atoms with van der Waals surface area (Å²) in [5.41, 5.74) is 0. The summed E-state index contributed by atoms with van der Waals surface area (Å²) in [7, 11) is 0. The molecule has 0 saturated carbocycles. The van der Waals surface area contributed by atoms with Crippen LogP contribution in [0.2, 0.25) is 0 Å². The highest BCUT2D eigenvalue weighted by Gasteiger charge is 2.92. The highest BCUT2D eigenvalue weighted by atomic mass is 19.4. The van der Waals surface area contributed by atoms with Crippen LogP contribution in [0, 0.1) is 0 Å². The topological polar surface area (TPSA) is 35.5 Å². The van der Waals surface area contributed by atoms with Gasteiger partial charge in [-0.25, -0.2) is 9.88 Å². The van der Waals surface area contributed by atoms with Gasteiger partial charge in [0.1, 0.15) is 0 Å². The van der Waals surface area contributed by atoms with Crippen LogP contribution in [0.1, 0.15) is 6.92 Å². The van der Waals surface area contributed by atoms with Gasteiger partial charge in [-0.1, -0.05) is 0 Å². The average molecular weight is 482 g/mol. The van der Waals surface area contributed by atoms with E-state index in [-0.39, 0.29) is 0 Å². The summed E-state index contributed by atoms with van der Waals surface area (Å²) in [4.78, 5) is 13.3. The second-order valence-electron chi connectivity index (χ2n) is 4.66. The summed E-state index contributed by atoms with van der Waals surface area (Å²) in [5, 5.41) is 0. The Balaban J connectivity index is 0. The number of rotatable bonds is 5. The van der Waals surface area contributed by atoms with Crippen molar-refractivity contribution in [2.45, 2.75) is 48.6 Å². The molecular formula is C9H3F17O3. The molecule has 0 aliphatic rings. The molecule has 20 heteroatoms. The number of carbonyl (C=O) groups is 1. The van der Waals surface area contributed by atoms with Crippen LogP contribution in [0.5, 0.6) is 0 Å². The van der Waals surface area contributed by atoms with Crippen LogP contribution in [-0.4, -0.2) is 47.9 Å². The summed E-state index contributed by atoms with van der Waals surface area (Å²) in [6.45, 7) is -1.16. The first-order chi connectivity index (χ1) is 12.3. The van der Waals surface area contributed by atoms with E-state index in [1.54, 1.807) is 0 Å². The van der Waals surface area contributed by atoms with Crippen LogP contribution < -0.4 is 0 Å². The van der Waals surface area contributed by atoms with Crippen LogP contribution >= 0.6 is 0 Å². The van der Waals surface area contributed by atoms with Crippen LogP contribution in [-0.2, 0) is 9.88 Å². The lowest BCUT2D eigenvalue weighted by atomic mass is 9.91. The van der Waals surface area contributed by atoms with E-state index >= 15 is 0 Å². The quantitative estimate of drug-likeness (QED) is 0.433. The predicted octanol–water partition coefficient (Wildman–Crippen LogP) is 6.29. The van der Waals surface area contributed by atoms with Gasteiger partial charge in [-0.05, 0) is 0 Å². The van der Waals surface area contributed by atoms with Gasteiger partial charge >= 0.3 is 47.9 Å². The van der Waals surface area contributed by atoms with Crippen LogP contribution in [0.25, 0.3) is 0 Å². The van der Waals surface area contributed by atoms with Gasteiger partial charge in [0.25, 0.3) is 0 Å². The minimum Gasteiger partial charge on any atom is -0.211 e. The third kappa shape index (κ3) is 4.81. The first kappa shape index (κ1) is 29.3. The summed E-state index contributed by atoms with van der Waals surface area (Å²) >= 11 is 0. The zero-order valence-corrected chi connectivity index (χ0v) is 12.7. The van der Waals surface area contributed by atoms with Crippen molar-refractivity contribution in [2.75, 3.05) is 0 Å². The lowest BCUT2D eigenvalue weighted by Crippen LogP contribution is -2.72. The van der Waals surface area contributed by atoms with Crippen molar-refractivity contribution in [1.82, 2.24) is 0 Å². The molecule has 0 heterocycles. The Morgan fingerprint density at radius 2 is 0.759 bits per heavy atom. The molecule has 3 nitrogen and oxygen atoms in total. The molecule has 0 radical (unpaired) electrons. The van der Waals surface area contributed by atoms with E-state index in [1.807, 2.05) is 0 Å². The Morgan fingerprint density at radius 3 is 0.931 bits per heavy atom. The minimum absolute atomic E-state index is 1.16. The van der Waals surface area contributed by atoms with E-state index in [2.05, 4.69) is 9.88 Å². The molecule has 29 heavy (non-hydrogen) atoms. The van der Waals surface area contributed by atoms with E-state index in [0.29, 0.717) is 0 Å². The molecule has 0 aromatic heterocycles. The van der Waals surface area contributed by atoms with Crippen molar-refractivity contribution in [1.29, 1.82) is 0 Å². The Morgan fingerprint density at radius 1 is 0.517 bits per heavy atom. The monoisotopic (exact) mass is 482 g/mol. The fourth-order valence-corrected chi connectivity index (χ4v) is 1.06. The third-order valence-electron chi connectivity index (χ3n) is 2.61. The van der Waals surface area contributed by atoms with Gasteiger partial charge in [-0.15, -0.1) is 0 Å². The Kier molecular flexibility index (Phi) is 8.15. The smallest absolute Gasteiger partial charge is 0.211 e. The molecule has 0 rings (SSSR count). The molecule has 0 aliphatic carbocycles. The highest BCUT2D eigenvalue weighted by molar-refractivity contribution is 5.57. The number of carbonyl (C=O) groups excluding carboxylic acids is 1. The van der Waals surface area contributed by atoms with Gasteiger partial charge in [0.05, 0.1) is 0 Å². The Bertz CT molecular complexity index is 513. The molecule has 0 fully saturated rings. The predicted molar refractivity (Wildman–Crippen MR) is 51.2 cm³/mol. The van der Waals surface area contributed by atoms with Crippen molar-refractivity contribution in [2.24, 2.45) is 0 Å². The number of hydrogen-bond acceptors (Lipinski definition) is 3. The highest BCUT2D eigenvalue weighted by Crippen LogP contribution is 2.62. The zero-order valence-electron chi connectivity index (χ0n) is 12.7. The SMILES string of the molecule is CC(F)(F)C(F)(F)C(F)(F)C(F)(F)C(F)(F)C(F)(F)C(F)(F)F.O=C(OF)OF. The average Bonchev–Trinajstić information content (AvgIpc) is 2.51. The molecule has 0 spiro atoms. The van der Waals surface area contributed by atoms with Crippen LogP contribution in [0.3, 0.4) is 0 Å². The largest absolute Gasteiger partial charge is 0.581 e. The normalized spacial score (nSPS) is 14.7. The number of alkyl halides is 15. The van der Waals surface area contributed by atoms with E-state index in [0.717, 1.165) is 0 Å². The van der Waals surface area contributed by atoms with Crippen molar-refractivity contribution in [3.8, 4) is 0 Å². The Hall–Kier alpha value is -1.92. The molecule has 0 aliphatic heterocycles. The standard InChI is InChI=1S/C8H3F15.CF2O3/c1-2(9,10)3(11,12)4(13,14)5(15,16)6(17,18)7(19,20)8(21,22)23;2-5-1(4)6-3/h1H3;. The number of halogens is 17. The fourth-order valence-electron chi connectivity index (χ4n) is 1.06. The summed E-state index contributed by atoms with van der Waals surface area (Å²) in [5.74, 6) is -45.8. The molecule has 0 atom stereocenters. The lowest BCUT2D eigenvalue weighted by molar-refractivity contribution is -0.451. The molecule has 0 aromatic rings. The molecule has 0 saturated heterocycles. The van der Waals surface area contributed by atoms with Crippen molar-refractivity contribution >= 4 is 6.16 Å². The molecule has 0 aromatic carbocycles. The maximum atomic E-state index is 12.7. The molecule has 0 bridgehead atoms. The van der Waals surface area contributed by atoms with Crippen LogP contribution in [0.4, 0.5) is 79.7 Å². The lowest BCUT2D eigenvalue weighted by Gasteiger charge is -2.40. The zero-order chi connectivity index (χ0) is 24.5. The molecule has 0 N–H and O–H groups in total. The van der Waals surface area contributed by atoms with Gasteiger partial charge < -0.3 is 0 Å². The summed E-state index contributed by atoms with van der Waals surface area (Å²) < 4.78 is 206. The molecule has 0 unspecified atom stereocenters. The van der Waals surface area contributed by atoms with E-state index < -0.39 is 54.8 Å². The van der Waals surface area contributed by atoms with E-state index in [4.69, 9.17) is 4.79 Å². The van der Waals surface area contributed by atoms with Gasteiger partial charge in [0, 0.05) is 16.0 Å². The Labute approximate surface area is 146 Å². The van der Waals surface area contributed by atoms with Gasteiger partial charge in [-0.3, -0.25) is 0 Å². The second kappa shape index (κ2) is 8.07. The second-order valence-corrected chi connectivity index (χ2v) is 4.66. The molecule has 0 amide bonds. The van der Waals surface area contributed by atoms with E-state index in [9.17, 15) is 74.9 Å². The third-order valence-corrected chi connectivity index (χ3v) is 2.61. The molecular weight excluding hydrogens is 479 g/mol. The number of hydrogen-bond donors (Lipinski definition) is 0. The van der Waals surface area contributed by atoms with Gasteiger partial charge in [0.2, 0.25) is 0 Å². The van der Waals surface area contributed by atoms with Crippen LogP contribution in [0.15, 0.2) is 0 Å². The minimum atomic E-state index is -8.19. The first-order valence-corrected chi connectivity index (χ1v) is 5.76. The summed E-state index contributed by atoms with van der Waals surface area (Å²) in [6.07, 6.45) is -9.56. The van der Waals surface area contributed by atoms with Crippen molar-refractivity contribution in [3.63, 3.8) is 0 Å². The van der Waals surface area contributed by atoms with Crippen molar-refractivity contribution < 1.29 is 89.6 Å². The maximum absolute atomic E-state index is 12.7. The maximum Gasteiger partial charge on any atom is 0.581 e.